The summed E-state index contributed by atoms with van der Waals surface area (Å²) in [7, 11) is 0.122. The van der Waals surface area contributed by atoms with E-state index < -0.39 is 14.0 Å². The fourth-order valence-corrected chi connectivity index (χ4v) is 3.81. The van der Waals surface area contributed by atoms with Gasteiger partial charge in [0.25, 0.3) is 0 Å². The van der Waals surface area contributed by atoms with Gasteiger partial charge in [0.2, 0.25) is 5.91 Å². The van der Waals surface area contributed by atoms with E-state index in [9.17, 15) is 9.59 Å². The molecule has 0 radical (unpaired) electrons. The highest BCUT2D eigenvalue weighted by molar-refractivity contribution is 6.76. The van der Waals surface area contributed by atoms with E-state index in [-0.39, 0.29) is 18.3 Å². The predicted octanol–water partition coefficient (Wildman–Crippen LogP) is 4.32. The number of carbonyl (C=O) groups is 2. The molecule has 0 aliphatic heterocycles. The molecule has 2 heterocycles. The third-order valence-corrected chi connectivity index (χ3v) is 6.54. The van der Waals surface area contributed by atoms with E-state index in [1.54, 1.807) is 29.1 Å². The summed E-state index contributed by atoms with van der Waals surface area (Å²) < 4.78 is 12.4. The van der Waals surface area contributed by atoms with Gasteiger partial charge in [0.05, 0.1) is 24.5 Å². The van der Waals surface area contributed by atoms with E-state index >= 15 is 0 Å². The normalized spacial score (nSPS) is 11.4. The zero-order valence-electron chi connectivity index (χ0n) is 18.8. The second-order valence-electron chi connectivity index (χ2n) is 8.55. The van der Waals surface area contributed by atoms with Crippen LogP contribution in [0.3, 0.4) is 0 Å². The number of nitrogens with zero attached hydrogens (tertiary/aromatic N) is 3. The average Bonchev–Trinajstić information content (AvgIpc) is 3.13. The van der Waals surface area contributed by atoms with Crippen molar-refractivity contribution in [2.45, 2.75) is 32.4 Å². The first-order chi connectivity index (χ1) is 15.2. The summed E-state index contributed by atoms with van der Waals surface area (Å²) in [6.45, 7) is 11.2. The molecule has 3 aromatic rings. The fraction of sp³-hybridized carbons (Fsp3) is 0.304. The zero-order valence-corrected chi connectivity index (χ0v) is 19.8. The summed E-state index contributed by atoms with van der Waals surface area (Å²) >= 11 is 0. The van der Waals surface area contributed by atoms with Crippen LogP contribution in [0.1, 0.15) is 10.5 Å². The van der Waals surface area contributed by atoms with Gasteiger partial charge in [-0.25, -0.2) is 9.48 Å². The second-order valence-corrected chi connectivity index (χ2v) is 14.2. The number of hydrogen-bond donors (Lipinski definition) is 1. The lowest BCUT2D eigenvalue weighted by molar-refractivity contribution is -0.111. The maximum Gasteiger partial charge on any atom is 0.359 e. The summed E-state index contributed by atoms with van der Waals surface area (Å²) in [5.74, 6) is -0.825. The number of pyridine rings is 1. The molecule has 9 heteroatoms. The molecule has 0 aliphatic rings. The van der Waals surface area contributed by atoms with Crippen LogP contribution in [0.15, 0.2) is 49.2 Å². The molecule has 1 aromatic carbocycles. The molecule has 0 aliphatic carbocycles. The zero-order chi connectivity index (χ0) is 23.3. The van der Waals surface area contributed by atoms with Gasteiger partial charge in [0, 0.05) is 31.3 Å². The Balaban J connectivity index is 1.93. The Morgan fingerprint density at radius 3 is 2.72 bits per heavy atom. The minimum Gasteiger partial charge on any atom is -0.464 e. The molecule has 0 fully saturated rings. The standard InChI is InChI=1S/C23H28N4O4Si/c1-6-21(28)25-17-9-7-8-16(12-17)19-13-18-20(14-24-19)27(26-22(18)23(29)30-2)15-31-10-11-32(3,4)5/h6-9,12-14H,1,10-11,15H2,2-5H3,(H,25,28). The number of ether oxygens (including phenoxy) is 2. The Hall–Kier alpha value is -3.30. The summed E-state index contributed by atoms with van der Waals surface area (Å²) in [6.07, 6.45) is 2.88. The van der Waals surface area contributed by atoms with E-state index in [2.05, 4.69) is 41.6 Å². The first-order valence-electron chi connectivity index (χ1n) is 10.3. The molecule has 2 aromatic heterocycles. The molecule has 0 atom stereocenters. The number of hydrogen-bond acceptors (Lipinski definition) is 6. The largest absolute Gasteiger partial charge is 0.464 e. The molecule has 32 heavy (non-hydrogen) atoms. The highest BCUT2D eigenvalue weighted by Gasteiger charge is 2.20. The maximum atomic E-state index is 12.3. The number of carbonyl (C=O) groups excluding carboxylic acids is 2. The number of rotatable bonds is 9. The van der Waals surface area contributed by atoms with Gasteiger partial charge >= 0.3 is 5.97 Å². The highest BCUT2D eigenvalue weighted by Crippen LogP contribution is 2.27. The molecule has 1 N–H and O–H groups in total. The van der Waals surface area contributed by atoms with Gasteiger partial charge in [-0.1, -0.05) is 38.4 Å². The summed E-state index contributed by atoms with van der Waals surface area (Å²) in [5.41, 5.74) is 2.92. The van der Waals surface area contributed by atoms with E-state index in [0.29, 0.717) is 28.9 Å². The van der Waals surface area contributed by atoms with Gasteiger partial charge in [-0.05, 0) is 30.3 Å². The molecule has 8 nitrogen and oxygen atoms in total. The average molecular weight is 453 g/mol. The van der Waals surface area contributed by atoms with E-state index in [4.69, 9.17) is 9.47 Å². The molecule has 0 saturated heterocycles. The van der Waals surface area contributed by atoms with Crippen LogP contribution < -0.4 is 5.32 Å². The number of methoxy groups -OCH3 is 1. The molecule has 0 unspecified atom stereocenters. The third kappa shape index (κ3) is 5.68. The van der Waals surface area contributed by atoms with Crippen molar-refractivity contribution in [3.05, 3.63) is 54.9 Å². The Kier molecular flexibility index (Phi) is 7.21. The monoisotopic (exact) mass is 452 g/mol. The minimum absolute atomic E-state index is 0.205. The quantitative estimate of drug-likeness (QED) is 0.225. The van der Waals surface area contributed by atoms with Crippen LogP contribution in [0.25, 0.3) is 22.2 Å². The van der Waals surface area contributed by atoms with Gasteiger partial charge in [-0.3, -0.25) is 9.78 Å². The highest BCUT2D eigenvalue weighted by atomic mass is 28.3. The molecule has 3 rings (SSSR count). The summed E-state index contributed by atoms with van der Waals surface area (Å²) in [5, 5.41) is 7.77. The fourth-order valence-electron chi connectivity index (χ4n) is 3.05. The van der Waals surface area contributed by atoms with E-state index in [1.165, 1.54) is 13.2 Å². The molecule has 0 spiro atoms. The SMILES string of the molecule is C=CC(=O)Nc1cccc(-c2cc3c(C(=O)OC)nn(COCC[Si](C)(C)C)c3cn2)c1. The van der Waals surface area contributed by atoms with E-state index in [1.807, 2.05) is 12.1 Å². The minimum atomic E-state index is -1.20. The maximum absolute atomic E-state index is 12.3. The van der Waals surface area contributed by atoms with Crippen molar-refractivity contribution in [1.82, 2.24) is 14.8 Å². The number of amides is 1. The Morgan fingerprint density at radius 1 is 1.25 bits per heavy atom. The number of aromatic nitrogens is 3. The van der Waals surface area contributed by atoms with Gasteiger partial charge < -0.3 is 14.8 Å². The van der Waals surface area contributed by atoms with Gasteiger partial charge in [0.15, 0.2) is 5.69 Å². The molecular weight excluding hydrogens is 424 g/mol. The second kappa shape index (κ2) is 9.88. The lowest BCUT2D eigenvalue weighted by Gasteiger charge is -2.15. The third-order valence-electron chi connectivity index (χ3n) is 4.84. The van der Waals surface area contributed by atoms with Crippen LogP contribution >= 0.6 is 0 Å². The van der Waals surface area contributed by atoms with Crippen molar-refractivity contribution in [2.24, 2.45) is 0 Å². The first kappa shape index (κ1) is 23.4. The van der Waals surface area contributed by atoms with Crippen molar-refractivity contribution in [2.75, 3.05) is 19.0 Å². The van der Waals surface area contributed by atoms with Gasteiger partial charge in [-0.2, -0.15) is 5.10 Å². The molecular formula is C23H28N4O4Si. The molecule has 0 bridgehead atoms. The topological polar surface area (TPSA) is 95.3 Å². The van der Waals surface area contributed by atoms with Crippen molar-refractivity contribution in [1.29, 1.82) is 0 Å². The van der Waals surface area contributed by atoms with Crippen LogP contribution in [0.4, 0.5) is 5.69 Å². The Morgan fingerprint density at radius 2 is 2.03 bits per heavy atom. The van der Waals surface area contributed by atoms with Gasteiger partial charge in [-0.15, -0.1) is 0 Å². The summed E-state index contributed by atoms with van der Waals surface area (Å²) in [6, 6.07) is 10.1. The molecule has 0 saturated carbocycles. The first-order valence-corrected chi connectivity index (χ1v) is 14.0. The van der Waals surface area contributed by atoms with Crippen LogP contribution in [0.2, 0.25) is 25.7 Å². The Labute approximate surface area is 188 Å². The van der Waals surface area contributed by atoms with E-state index in [0.717, 1.165) is 11.6 Å². The summed E-state index contributed by atoms with van der Waals surface area (Å²) in [4.78, 5) is 28.5. The smallest absolute Gasteiger partial charge is 0.359 e. The van der Waals surface area contributed by atoms with Crippen molar-refractivity contribution < 1.29 is 19.1 Å². The van der Waals surface area contributed by atoms with Crippen LogP contribution in [-0.2, 0) is 21.0 Å². The predicted molar refractivity (Wildman–Crippen MR) is 127 cm³/mol. The molecule has 168 valence electrons. The van der Waals surface area contributed by atoms with Crippen LogP contribution in [-0.4, -0.2) is 48.4 Å². The number of anilines is 1. The number of esters is 1. The number of fused-ring (bicyclic) bond motifs is 1. The number of nitrogens with one attached hydrogen (secondary N) is 1. The van der Waals surface area contributed by atoms with Gasteiger partial charge in [0.1, 0.15) is 6.73 Å². The van der Waals surface area contributed by atoms with Crippen molar-refractivity contribution in [3.8, 4) is 11.3 Å². The molecule has 1 amide bonds. The van der Waals surface area contributed by atoms with Crippen molar-refractivity contribution in [3.63, 3.8) is 0 Å². The lowest BCUT2D eigenvalue weighted by atomic mass is 10.1. The van der Waals surface area contributed by atoms with Crippen molar-refractivity contribution >= 4 is 36.5 Å². The lowest BCUT2D eigenvalue weighted by Crippen LogP contribution is -2.22. The van der Waals surface area contributed by atoms with Crippen LogP contribution in [0, 0.1) is 0 Å². The van der Waals surface area contributed by atoms with Crippen LogP contribution in [0.5, 0.6) is 0 Å². The Bertz CT molecular complexity index is 1150. The number of benzene rings is 1.